The molecule has 36 heavy (non-hydrogen) atoms. The second-order valence-corrected chi connectivity index (χ2v) is 8.84. The third-order valence-electron chi connectivity index (χ3n) is 4.85. The topological polar surface area (TPSA) is 137 Å². The third kappa shape index (κ3) is 5.62. The van der Waals surface area contributed by atoms with E-state index in [2.05, 4.69) is 30.1 Å². The minimum Gasteiger partial charge on any atom is -0.465 e. The van der Waals surface area contributed by atoms with Crippen molar-refractivity contribution in [3.05, 3.63) is 81.5 Å². The molecule has 0 aliphatic heterocycles. The number of esters is 2. The van der Waals surface area contributed by atoms with Gasteiger partial charge in [0.1, 0.15) is 11.4 Å². The number of ether oxygens (including phenoxy) is 2. The molecule has 0 aliphatic rings. The Kier molecular flexibility index (Phi) is 7.47. The van der Waals surface area contributed by atoms with Crippen LogP contribution in [0.4, 0.5) is 10.3 Å². The quantitative estimate of drug-likeness (QED) is 0.342. The summed E-state index contributed by atoms with van der Waals surface area (Å²) in [5, 5.41) is 9.65. The lowest BCUT2D eigenvalue weighted by molar-refractivity contribution is 0.0592. The van der Waals surface area contributed by atoms with E-state index in [1.165, 1.54) is 85.4 Å². The van der Waals surface area contributed by atoms with Crippen molar-refractivity contribution in [2.24, 2.45) is 0 Å². The maximum absolute atomic E-state index is 12.5. The van der Waals surface area contributed by atoms with Crippen LogP contribution in [0.2, 0.25) is 0 Å². The normalized spacial score (nSPS) is 10.4. The standard InChI is InChI=1S/C24H18N4O6S2/c1-33-21(31)15-7-3-13(4-8-15)19(29)27-23-25-17(11-35-23)18-12-36-24(26-18)28-20(30)14-5-9-16(10-6-14)22(32)34-2/h3-12H,1-2H3,(H,25,27,29)(H,26,28,30). The van der Waals surface area contributed by atoms with Crippen molar-refractivity contribution in [2.75, 3.05) is 24.9 Å². The number of hydrogen-bond donors (Lipinski definition) is 2. The predicted octanol–water partition coefficient (Wildman–Crippen LogP) is 4.34. The molecule has 0 saturated carbocycles. The van der Waals surface area contributed by atoms with Crippen LogP contribution in [0.15, 0.2) is 59.3 Å². The molecule has 4 rings (SSSR count). The van der Waals surface area contributed by atoms with Crippen molar-refractivity contribution in [1.29, 1.82) is 0 Å². The molecule has 0 unspecified atom stereocenters. The number of aromatic nitrogens is 2. The van der Waals surface area contributed by atoms with Gasteiger partial charge in [0.2, 0.25) is 0 Å². The summed E-state index contributed by atoms with van der Waals surface area (Å²) < 4.78 is 9.29. The predicted molar refractivity (Wildman–Crippen MR) is 135 cm³/mol. The fourth-order valence-corrected chi connectivity index (χ4v) is 4.39. The lowest BCUT2D eigenvalue weighted by Crippen LogP contribution is -2.12. The van der Waals surface area contributed by atoms with Crippen molar-refractivity contribution in [1.82, 2.24) is 9.97 Å². The minimum absolute atomic E-state index is 0.343. The van der Waals surface area contributed by atoms with E-state index in [1.54, 1.807) is 10.8 Å². The molecular weight excluding hydrogens is 504 g/mol. The minimum atomic E-state index is -0.484. The van der Waals surface area contributed by atoms with E-state index in [9.17, 15) is 19.2 Å². The van der Waals surface area contributed by atoms with Gasteiger partial charge < -0.3 is 9.47 Å². The van der Waals surface area contributed by atoms with Crippen LogP contribution in [0, 0.1) is 0 Å². The first-order chi connectivity index (χ1) is 17.4. The van der Waals surface area contributed by atoms with Crippen LogP contribution in [-0.4, -0.2) is 47.9 Å². The van der Waals surface area contributed by atoms with Crippen LogP contribution in [0.1, 0.15) is 41.4 Å². The summed E-state index contributed by atoms with van der Waals surface area (Å²) in [5.74, 6) is -1.72. The van der Waals surface area contributed by atoms with Crippen LogP contribution in [-0.2, 0) is 9.47 Å². The Hall–Kier alpha value is -4.42. The highest BCUT2D eigenvalue weighted by atomic mass is 32.1. The van der Waals surface area contributed by atoms with Gasteiger partial charge in [-0.05, 0) is 48.5 Å². The summed E-state index contributed by atoms with van der Waals surface area (Å²) in [6, 6.07) is 12.1. The molecule has 0 radical (unpaired) electrons. The van der Waals surface area contributed by atoms with E-state index in [0.29, 0.717) is 43.9 Å². The van der Waals surface area contributed by atoms with Crippen molar-refractivity contribution in [3.8, 4) is 11.4 Å². The average molecular weight is 523 g/mol. The molecule has 2 N–H and O–H groups in total. The Labute approximate surface area is 212 Å². The Morgan fingerprint density at radius 2 is 0.944 bits per heavy atom. The lowest BCUT2D eigenvalue weighted by Gasteiger charge is -2.03. The summed E-state index contributed by atoms with van der Waals surface area (Å²) in [6.07, 6.45) is 0. The molecule has 182 valence electrons. The number of amides is 2. The van der Waals surface area contributed by atoms with Crippen molar-refractivity contribution < 1.29 is 28.7 Å². The van der Waals surface area contributed by atoms with E-state index >= 15 is 0 Å². The van der Waals surface area contributed by atoms with Crippen molar-refractivity contribution in [3.63, 3.8) is 0 Å². The van der Waals surface area contributed by atoms with Crippen LogP contribution >= 0.6 is 22.7 Å². The van der Waals surface area contributed by atoms with Gasteiger partial charge in [0, 0.05) is 21.9 Å². The number of nitrogens with one attached hydrogen (secondary N) is 2. The van der Waals surface area contributed by atoms with Crippen LogP contribution in [0.5, 0.6) is 0 Å². The Morgan fingerprint density at radius 1 is 0.611 bits per heavy atom. The zero-order chi connectivity index (χ0) is 25.7. The summed E-state index contributed by atoms with van der Waals surface area (Å²) in [4.78, 5) is 56.8. The molecule has 2 aromatic heterocycles. The maximum Gasteiger partial charge on any atom is 0.337 e. The molecular formula is C24H18N4O6S2. The maximum atomic E-state index is 12.5. The van der Waals surface area contributed by atoms with Gasteiger partial charge in [0.25, 0.3) is 11.8 Å². The van der Waals surface area contributed by atoms with Crippen LogP contribution < -0.4 is 10.6 Å². The molecule has 2 aromatic carbocycles. The Bertz CT molecular complexity index is 1320. The fourth-order valence-electron chi connectivity index (χ4n) is 2.99. The zero-order valence-corrected chi connectivity index (χ0v) is 20.6. The number of benzene rings is 2. The Balaban J connectivity index is 1.38. The largest absolute Gasteiger partial charge is 0.465 e. The summed E-state index contributed by atoms with van der Waals surface area (Å²) >= 11 is 2.45. The molecule has 2 amide bonds. The first kappa shape index (κ1) is 24.7. The van der Waals surface area contributed by atoms with E-state index in [0.717, 1.165) is 0 Å². The number of methoxy groups -OCH3 is 2. The number of thiazole rings is 2. The molecule has 10 nitrogen and oxygen atoms in total. The zero-order valence-electron chi connectivity index (χ0n) is 18.9. The highest BCUT2D eigenvalue weighted by Crippen LogP contribution is 2.28. The van der Waals surface area contributed by atoms with Gasteiger partial charge in [-0.25, -0.2) is 19.6 Å². The van der Waals surface area contributed by atoms with Crippen molar-refractivity contribution >= 4 is 56.7 Å². The van der Waals surface area contributed by atoms with Gasteiger partial charge in [0.15, 0.2) is 10.3 Å². The van der Waals surface area contributed by atoms with E-state index in [4.69, 9.17) is 0 Å². The molecule has 0 spiro atoms. The molecule has 0 atom stereocenters. The van der Waals surface area contributed by atoms with Gasteiger partial charge in [-0.1, -0.05) is 0 Å². The molecule has 0 saturated heterocycles. The first-order valence-corrected chi connectivity index (χ1v) is 12.0. The second-order valence-electron chi connectivity index (χ2n) is 7.12. The van der Waals surface area contributed by atoms with Crippen molar-refractivity contribution in [2.45, 2.75) is 0 Å². The van der Waals surface area contributed by atoms with E-state index in [-0.39, 0.29) is 11.8 Å². The van der Waals surface area contributed by atoms with Gasteiger partial charge in [-0.2, -0.15) is 0 Å². The summed E-state index contributed by atoms with van der Waals surface area (Å²) in [5.41, 5.74) is 2.48. The molecule has 2 heterocycles. The molecule has 0 fully saturated rings. The van der Waals surface area contributed by atoms with Crippen LogP contribution in [0.3, 0.4) is 0 Å². The Morgan fingerprint density at radius 3 is 1.28 bits per heavy atom. The van der Waals surface area contributed by atoms with Gasteiger partial charge in [-0.3, -0.25) is 20.2 Å². The summed E-state index contributed by atoms with van der Waals surface area (Å²) in [6.45, 7) is 0. The fraction of sp³-hybridized carbons (Fsp3) is 0.0833. The number of hydrogen-bond acceptors (Lipinski definition) is 10. The SMILES string of the molecule is COC(=O)c1ccc(C(=O)Nc2nc(-c3csc(NC(=O)c4ccc(C(=O)OC)cc4)n3)cs2)cc1. The van der Waals surface area contributed by atoms with E-state index in [1.807, 2.05) is 0 Å². The number of carbonyl (C=O) groups excluding carboxylic acids is 4. The molecule has 0 bridgehead atoms. The summed E-state index contributed by atoms with van der Waals surface area (Å²) in [7, 11) is 2.57. The highest BCUT2D eigenvalue weighted by molar-refractivity contribution is 7.15. The lowest BCUT2D eigenvalue weighted by atomic mass is 10.1. The molecule has 12 heteroatoms. The average Bonchev–Trinajstić information content (AvgIpc) is 3.57. The smallest absolute Gasteiger partial charge is 0.337 e. The monoisotopic (exact) mass is 522 g/mol. The number of anilines is 2. The number of carbonyl (C=O) groups is 4. The first-order valence-electron chi connectivity index (χ1n) is 10.3. The van der Waals surface area contributed by atoms with Crippen LogP contribution in [0.25, 0.3) is 11.4 Å². The molecule has 0 aliphatic carbocycles. The molecule has 4 aromatic rings. The second kappa shape index (κ2) is 10.9. The highest BCUT2D eigenvalue weighted by Gasteiger charge is 2.15. The van der Waals surface area contributed by atoms with Gasteiger partial charge in [-0.15, -0.1) is 22.7 Å². The van der Waals surface area contributed by atoms with E-state index < -0.39 is 11.9 Å². The van der Waals surface area contributed by atoms with Gasteiger partial charge in [0.05, 0.1) is 25.3 Å². The van der Waals surface area contributed by atoms with Gasteiger partial charge >= 0.3 is 11.9 Å². The number of rotatable bonds is 7. The number of nitrogens with zero attached hydrogens (tertiary/aromatic N) is 2. The third-order valence-corrected chi connectivity index (χ3v) is 6.36.